The van der Waals surface area contributed by atoms with Crippen molar-refractivity contribution < 1.29 is 14.6 Å². The number of aliphatic hydroxyl groups excluding tert-OH is 1. The summed E-state index contributed by atoms with van der Waals surface area (Å²) in [5.41, 5.74) is 0. The van der Waals surface area contributed by atoms with Gasteiger partial charge in [0.25, 0.3) is 0 Å². The van der Waals surface area contributed by atoms with Crippen LogP contribution in [-0.2, 0) is 9.53 Å². The minimum absolute atomic E-state index is 0.154. The van der Waals surface area contributed by atoms with E-state index in [1.165, 1.54) is 6.92 Å². The van der Waals surface area contributed by atoms with E-state index < -0.39 is 0 Å². The van der Waals surface area contributed by atoms with Crippen LogP contribution in [-0.4, -0.2) is 23.3 Å². The van der Waals surface area contributed by atoms with Crippen molar-refractivity contribution >= 4 is 5.97 Å². The molecule has 0 aromatic heterocycles. The SMILES string of the molecule is CC(=O)O[C@@H]1C=C[C@H](O)[C@H]2[C@@H]1[C@H]1C=C[C@@H]2CC1. The molecule has 0 heterocycles. The Balaban J connectivity index is 1.91. The Morgan fingerprint density at radius 3 is 2.35 bits per heavy atom. The molecular formula is C14H18O3. The zero-order chi connectivity index (χ0) is 12.0. The van der Waals surface area contributed by atoms with Crippen molar-refractivity contribution in [2.45, 2.75) is 32.0 Å². The van der Waals surface area contributed by atoms with E-state index in [0.717, 1.165) is 12.8 Å². The fourth-order valence-corrected chi connectivity index (χ4v) is 3.81. The molecule has 0 amide bonds. The van der Waals surface area contributed by atoms with Crippen LogP contribution in [0.25, 0.3) is 0 Å². The molecule has 2 bridgehead atoms. The molecule has 1 fully saturated rings. The molecule has 17 heavy (non-hydrogen) atoms. The first kappa shape index (κ1) is 11.0. The quantitative estimate of drug-likeness (QED) is 0.554. The van der Waals surface area contributed by atoms with Gasteiger partial charge in [0.2, 0.25) is 0 Å². The van der Waals surface area contributed by atoms with Crippen LogP contribution in [0.4, 0.5) is 0 Å². The molecule has 0 radical (unpaired) electrons. The van der Waals surface area contributed by atoms with Gasteiger partial charge in [0.15, 0.2) is 0 Å². The topological polar surface area (TPSA) is 46.5 Å². The van der Waals surface area contributed by atoms with Gasteiger partial charge in [-0.25, -0.2) is 0 Å². The molecule has 0 spiro atoms. The highest BCUT2D eigenvalue weighted by Gasteiger charge is 2.49. The van der Waals surface area contributed by atoms with E-state index in [2.05, 4.69) is 12.2 Å². The van der Waals surface area contributed by atoms with Gasteiger partial charge < -0.3 is 9.84 Å². The normalized spacial score (nSPS) is 46.7. The second kappa shape index (κ2) is 3.98. The Labute approximate surface area is 101 Å². The lowest BCUT2D eigenvalue weighted by molar-refractivity contribution is -0.152. The molecule has 3 heteroatoms. The molecule has 4 aliphatic carbocycles. The van der Waals surface area contributed by atoms with Crippen molar-refractivity contribution in [3.05, 3.63) is 24.3 Å². The number of carbonyl (C=O) groups is 1. The first-order chi connectivity index (χ1) is 8.16. The standard InChI is InChI=1S/C14H18O3/c1-8(15)17-12-7-6-11(16)13-9-2-4-10(5-3-9)14(12)13/h2,4,6-7,9-14,16H,3,5H2,1H3/t9-,10+,11+,12-,13+,14-/m1/s1. The maximum Gasteiger partial charge on any atom is 0.303 e. The third-order valence-electron chi connectivity index (χ3n) is 4.45. The lowest BCUT2D eigenvalue weighted by Crippen LogP contribution is -2.50. The number of ether oxygens (including phenoxy) is 1. The molecule has 4 rings (SSSR count). The van der Waals surface area contributed by atoms with Crippen molar-refractivity contribution in [2.24, 2.45) is 23.7 Å². The smallest absolute Gasteiger partial charge is 0.303 e. The van der Waals surface area contributed by atoms with E-state index in [1.54, 1.807) is 6.08 Å². The van der Waals surface area contributed by atoms with Gasteiger partial charge in [-0.15, -0.1) is 0 Å². The van der Waals surface area contributed by atoms with Gasteiger partial charge in [-0.05, 0) is 30.8 Å². The van der Waals surface area contributed by atoms with E-state index in [4.69, 9.17) is 4.74 Å². The summed E-state index contributed by atoms with van der Waals surface area (Å²) in [7, 11) is 0. The summed E-state index contributed by atoms with van der Waals surface area (Å²) in [5, 5.41) is 10.1. The summed E-state index contributed by atoms with van der Waals surface area (Å²) in [4.78, 5) is 11.1. The van der Waals surface area contributed by atoms with Gasteiger partial charge in [0, 0.05) is 18.8 Å². The third-order valence-corrected chi connectivity index (χ3v) is 4.45. The first-order valence-corrected chi connectivity index (χ1v) is 6.39. The molecular weight excluding hydrogens is 216 g/mol. The van der Waals surface area contributed by atoms with Crippen LogP contribution in [0.1, 0.15) is 19.8 Å². The van der Waals surface area contributed by atoms with Gasteiger partial charge in [-0.3, -0.25) is 4.79 Å². The fourth-order valence-electron chi connectivity index (χ4n) is 3.81. The minimum atomic E-state index is -0.385. The lowest BCUT2D eigenvalue weighted by atomic mass is 9.57. The molecule has 3 nitrogen and oxygen atoms in total. The molecule has 1 saturated carbocycles. The number of carbonyl (C=O) groups excluding carboxylic acids is 1. The van der Waals surface area contributed by atoms with E-state index in [1.807, 2.05) is 6.08 Å². The number of rotatable bonds is 1. The molecule has 0 aliphatic heterocycles. The summed E-state index contributed by atoms with van der Waals surface area (Å²) in [6.07, 6.45) is 9.91. The molecule has 4 aliphatic rings. The molecule has 0 aromatic rings. The lowest BCUT2D eigenvalue weighted by Gasteiger charge is -2.50. The van der Waals surface area contributed by atoms with E-state index in [9.17, 15) is 9.90 Å². The number of aliphatic hydroxyl groups is 1. The fraction of sp³-hybridized carbons (Fsp3) is 0.643. The van der Waals surface area contributed by atoms with Crippen LogP contribution in [0.15, 0.2) is 24.3 Å². The maximum atomic E-state index is 11.1. The zero-order valence-corrected chi connectivity index (χ0v) is 9.95. The van der Waals surface area contributed by atoms with Crippen LogP contribution < -0.4 is 0 Å². The largest absolute Gasteiger partial charge is 0.458 e. The van der Waals surface area contributed by atoms with Crippen LogP contribution in [0.2, 0.25) is 0 Å². The maximum absolute atomic E-state index is 11.1. The highest BCUT2D eigenvalue weighted by Crippen LogP contribution is 2.50. The molecule has 0 unspecified atom stereocenters. The number of hydrogen-bond donors (Lipinski definition) is 1. The zero-order valence-electron chi connectivity index (χ0n) is 9.95. The van der Waals surface area contributed by atoms with Crippen molar-refractivity contribution in [2.75, 3.05) is 0 Å². The average molecular weight is 234 g/mol. The summed E-state index contributed by atoms with van der Waals surface area (Å²) in [6.45, 7) is 1.45. The molecule has 0 saturated heterocycles. The molecule has 0 aromatic carbocycles. The van der Waals surface area contributed by atoms with Gasteiger partial charge in [0.1, 0.15) is 6.10 Å². The second-order valence-corrected chi connectivity index (χ2v) is 5.39. The predicted octanol–water partition coefficient (Wildman–Crippen LogP) is 1.68. The highest BCUT2D eigenvalue weighted by atomic mass is 16.5. The van der Waals surface area contributed by atoms with Crippen LogP contribution in [0, 0.1) is 23.7 Å². The predicted molar refractivity (Wildman–Crippen MR) is 63.0 cm³/mol. The van der Waals surface area contributed by atoms with Crippen LogP contribution in [0.5, 0.6) is 0 Å². The Bertz CT molecular complexity index is 385. The van der Waals surface area contributed by atoms with Gasteiger partial charge in [0.05, 0.1) is 6.10 Å². The van der Waals surface area contributed by atoms with Crippen molar-refractivity contribution in [3.8, 4) is 0 Å². The summed E-state index contributed by atoms with van der Waals surface area (Å²) >= 11 is 0. The van der Waals surface area contributed by atoms with Crippen LogP contribution >= 0.6 is 0 Å². The summed E-state index contributed by atoms with van der Waals surface area (Å²) < 4.78 is 5.39. The van der Waals surface area contributed by atoms with Crippen molar-refractivity contribution in [1.82, 2.24) is 0 Å². The Morgan fingerprint density at radius 2 is 1.76 bits per heavy atom. The Morgan fingerprint density at radius 1 is 1.12 bits per heavy atom. The minimum Gasteiger partial charge on any atom is -0.458 e. The van der Waals surface area contributed by atoms with Crippen molar-refractivity contribution in [1.29, 1.82) is 0 Å². The van der Waals surface area contributed by atoms with Crippen molar-refractivity contribution in [3.63, 3.8) is 0 Å². The van der Waals surface area contributed by atoms with E-state index in [0.29, 0.717) is 11.8 Å². The second-order valence-electron chi connectivity index (χ2n) is 5.39. The molecule has 6 atom stereocenters. The molecule has 1 N–H and O–H groups in total. The summed E-state index contributed by atoms with van der Waals surface area (Å²) in [6, 6.07) is 0. The number of hydrogen-bond acceptors (Lipinski definition) is 3. The third kappa shape index (κ3) is 1.73. The van der Waals surface area contributed by atoms with E-state index >= 15 is 0 Å². The molecule has 92 valence electrons. The Hall–Kier alpha value is -1.09. The first-order valence-electron chi connectivity index (χ1n) is 6.39. The summed E-state index contributed by atoms with van der Waals surface area (Å²) in [5.74, 6) is 1.16. The monoisotopic (exact) mass is 234 g/mol. The van der Waals surface area contributed by atoms with Gasteiger partial charge in [-0.1, -0.05) is 18.2 Å². The highest BCUT2D eigenvalue weighted by molar-refractivity contribution is 5.66. The Kier molecular flexibility index (Phi) is 2.58. The average Bonchev–Trinajstić information content (AvgIpc) is 2.33. The number of esters is 1. The number of fused-ring (bicyclic) bond motifs is 1. The van der Waals surface area contributed by atoms with Crippen LogP contribution in [0.3, 0.4) is 0 Å². The van der Waals surface area contributed by atoms with E-state index in [-0.39, 0.29) is 30.0 Å². The van der Waals surface area contributed by atoms with Gasteiger partial charge in [-0.2, -0.15) is 0 Å². The number of allylic oxidation sites excluding steroid dienone is 2. The van der Waals surface area contributed by atoms with Gasteiger partial charge >= 0.3 is 5.97 Å².